The quantitative estimate of drug-likeness (QED) is 0.383. The third kappa shape index (κ3) is 4.93. The van der Waals surface area contributed by atoms with Gasteiger partial charge in [0.15, 0.2) is 0 Å². The van der Waals surface area contributed by atoms with Crippen LogP contribution in [0.2, 0.25) is 0 Å². The molecule has 3 N–H and O–H groups in total. The lowest BCUT2D eigenvalue weighted by molar-refractivity contribution is -0.131. The minimum Gasteiger partial charge on any atom is -0.508 e. The van der Waals surface area contributed by atoms with Crippen LogP contribution < -0.4 is 0 Å². The van der Waals surface area contributed by atoms with Gasteiger partial charge in [-0.3, -0.25) is 0 Å². The molecule has 3 aromatic carbocycles. The third-order valence-electron chi connectivity index (χ3n) is 4.62. The molecule has 0 aromatic heterocycles. The fourth-order valence-electron chi connectivity index (χ4n) is 3.29. The molecule has 0 fully saturated rings. The maximum absolute atomic E-state index is 10.8. The fourth-order valence-corrected chi connectivity index (χ4v) is 3.29. The van der Waals surface area contributed by atoms with E-state index in [2.05, 4.69) is 6.92 Å². The summed E-state index contributed by atoms with van der Waals surface area (Å²) in [5.74, 6) is -0.606. The summed E-state index contributed by atoms with van der Waals surface area (Å²) >= 11 is 0. The molecular formula is C25H22O4. The molecule has 3 rings (SSSR count). The first-order valence-corrected chi connectivity index (χ1v) is 9.31. The largest absolute Gasteiger partial charge is 0.508 e. The number of allylic oxidation sites excluding steroid dienone is 1. The Hall–Kier alpha value is -3.79. The Morgan fingerprint density at radius 1 is 0.828 bits per heavy atom. The minimum absolute atomic E-state index is 0.192. The van der Waals surface area contributed by atoms with E-state index >= 15 is 0 Å². The summed E-state index contributed by atoms with van der Waals surface area (Å²) in [6.07, 6.45) is 3.43. The summed E-state index contributed by atoms with van der Waals surface area (Å²) in [6, 6.07) is 21.8. The molecule has 29 heavy (non-hydrogen) atoms. The molecule has 0 radical (unpaired) electrons. The van der Waals surface area contributed by atoms with Crippen molar-refractivity contribution < 1.29 is 20.1 Å². The van der Waals surface area contributed by atoms with E-state index in [1.807, 2.05) is 48.5 Å². The molecule has 4 nitrogen and oxygen atoms in total. The van der Waals surface area contributed by atoms with Crippen LogP contribution in [0.4, 0.5) is 0 Å². The SMILES string of the molecule is CCC(=C(c1ccc(O)cc1)c1ccc(O)cc1)c1cccc(C=CC(=O)O)c1. The number of aromatic hydroxyl groups is 2. The lowest BCUT2D eigenvalue weighted by atomic mass is 9.87. The van der Waals surface area contributed by atoms with Crippen molar-refractivity contribution in [2.24, 2.45) is 0 Å². The third-order valence-corrected chi connectivity index (χ3v) is 4.62. The summed E-state index contributed by atoms with van der Waals surface area (Å²) in [7, 11) is 0. The number of carbonyl (C=O) groups is 1. The van der Waals surface area contributed by atoms with Gasteiger partial charge in [0.1, 0.15) is 11.5 Å². The van der Waals surface area contributed by atoms with Gasteiger partial charge >= 0.3 is 5.97 Å². The van der Waals surface area contributed by atoms with Gasteiger partial charge in [0, 0.05) is 6.08 Å². The zero-order valence-electron chi connectivity index (χ0n) is 16.0. The standard InChI is InChI=1S/C25H22O4/c1-2-23(20-5-3-4-17(16-20)6-15-24(28)29)25(18-7-11-21(26)12-8-18)19-9-13-22(27)14-10-19/h3-16,26-27H,2H2,1H3,(H,28,29). The van der Waals surface area contributed by atoms with Gasteiger partial charge in [-0.05, 0) is 76.2 Å². The van der Waals surface area contributed by atoms with Crippen LogP contribution in [-0.4, -0.2) is 21.3 Å². The molecule has 4 heteroatoms. The fraction of sp³-hybridized carbons (Fsp3) is 0.0800. The Balaban J connectivity index is 2.22. The lowest BCUT2D eigenvalue weighted by Crippen LogP contribution is -1.95. The molecule has 0 aliphatic carbocycles. The Labute approximate surface area is 169 Å². The highest BCUT2D eigenvalue weighted by Gasteiger charge is 2.13. The van der Waals surface area contributed by atoms with Crippen molar-refractivity contribution in [2.75, 3.05) is 0 Å². The van der Waals surface area contributed by atoms with Crippen molar-refractivity contribution in [3.05, 3.63) is 101 Å². The number of phenolic OH excluding ortho intramolecular Hbond substituents is 2. The van der Waals surface area contributed by atoms with E-state index < -0.39 is 5.97 Å². The average molecular weight is 386 g/mol. The number of rotatable bonds is 6. The Morgan fingerprint density at radius 3 is 1.86 bits per heavy atom. The van der Waals surface area contributed by atoms with Crippen LogP contribution in [0.25, 0.3) is 17.2 Å². The number of phenols is 2. The van der Waals surface area contributed by atoms with E-state index in [-0.39, 0.29) is 11.5 Å². The molecule has 0 saturated heterocycles. The number of aliphatic carboxylic acids is 1. The second-order valence-corrected chi connectivity index (χ2v) is 6.60. The smallest absolute Gasteiger partial charge is 0.328 e. The van der Waals surface area contributed by atoms with Gasteiger partial charge in [-0.2, -0.15) is 0 Å². The first-order chi connectivity index (χ1) is 14.0. The van der Waals surface area contributed by atoms with Gasteiger partial charge < -0.3 is 15.3 Å². The highest BCUT2D eigenvalue weighted by atomic mass is 16.4. The van der Waals surface area contributed by atoms with Crippen LogP contribution in [0.3, 0.4) is 0 Å². The van der Waals surface area contributed by atoms with Crippen LogP contribution in [-0.2, 0) is 4.79 Å². The van der Waals surface area contributed by atoms with Crippen molar-refractivity contribution in [1.82, 2.24) is 0 Å². The number of benzene rings is 3. The van der Waals surface area contributed by atoms with E-state index in [9.17, 15) is 15.0 Å². The van der Waals surface area contributed by atoms with Gasteiger partial charge in [0.25, 0.3) is 0 Å². The predicted molar refractivity (Wildman–Crippen MR) is 116 cm³/mol. The van der Waals surface area contributed by atoms with Crippen LogP contribution in [0.5, 0.6) is 11.5 Å². The first kappa shape index (κ1) is 20.0. The Morgan fingerprint density at radius 2 is 1.38 bits per heavy atom. The number of carboxylic acid groups (broad SMARTS) is 1. The van der Waals surface area contributed by atoms with E-state index in [0.717, 1.165) is 45.9 Å². The van der Waals surface area contributed by atoms with Gasteiger partial charge in [-0.15, -0.1) is 0 Å². The van der Waals surface area contributed by atoms with E-state index in [1.165, 1.54) is 0 Å². The van der Waals surface area contributed by atoms with Crippen LogP contribution >= 0.6 is 0 Å². The molecule has 0 unspecified atom stereocenters. The molecule has 0 amide bonds. The minimum atomic E-state index is -0.990. The van der Waals surface area contributed by atoms with E-state index in [0.29, 0.717) is 0 Å². The van der Waals surface area contributed by atoms with Crippen molar-refractivity contribution >= 4 is 23.2 Å². The Bertz CT molecular complexity index is 1010. The molecule has 0 aliphatic rings. The summed E-state index contributed by atoms with van der Waals surface area (Å²) in [6.45, 7) is 2.07. The van der Waals surface area contributed by atoms with Crippen molar-refractivity contribution in [3.63, 3.8) is 0 Å². The molecule has 0 bridgehead atoms. The molecule has 0 atom stereocenters. The lowest BCUT2D eigenvalue weighted by Gasteiger charge is -2.17. The van der Waals surface area contributed by atoms with Gasteiger partial charge in [0.05, 0.1) is 0 Å². The second kappa shape index (κ2) is 8.93. The van der Waals surface area contributed by atoms with Gasteiger partial charge in [-0.25, -0.2) is 4.79 Å². The highest BCUT2D eigenvalue weighted by molar-refractivity contribution is 5.99. The summed E-state index contributed by atoms with van der Waals surface area (Å²) in [4.78, 5) is 10.8. The number of hydrogen-bond acceptors (Lipinski definition) is 3. The topological polar surface area (TPSA) is 77.8 Å². The van der Waals surface area contributed by atoms with Gasteiger partial charge in [-0.1, -0.05) is 49.4 Å². The summed E-state index contributed by atoms with van der Waals surface area (Å²) in [5, 5.41) is 28.3. The van der Waals surface area contributed by atoms with Crippen molar-refractivity contribution in [3.8, 4) is 11.5 Å². The predicted octanol–water partition coefficient (Wildman–Crippen LogP) is 5.56. The zero-order chi connectivity index (χ0) is 20.8. The normalized spacial score (nSPS) is 10.8. The molecule has 3 aromatic rings. The molecule has 0 aliphatic heterocycles. The van der Waals surface area contributed by atoms with E-state index in [1.54, 1.807) is 30.3 Å². The monoisotopic (exact) mass is 386 g/mol. The molecule has 146 valence electrons. The van der Waals surface area contributed by atoms with Crippen LogP contribution in [0.1, 0.15) is 35.6 Å². The summed E-state index contributed by atoms with van der Waals surface area (Å²) in [5.41, 5.74) is 5.73. The number of carboxylic acids is 1. The first-order valence-electron chi connectivity index (χ1n) is 9.31. The molecular weight excluding hydrogens is 364 g/mol. The maximum atomic E-state index is 10.8. The average Bonchev–Trinajstić information content (AvgIpc) is 2.72. The second-order valence-electron chi connectivity index (χ2n) is 6.60. The van der Waals surface area contributed by atoms with E-state index in [4.69, 9.17) is 5.11 Å². The number of hydrogen-bond donors (Lipinski definition) is 3. The molecule has 0 spiro atoms. The summed E-state index contributed by atoms with van der Waals surface area (Å²) < 4.78 is 0. The highest BCUT2D eigenvalue weighted by Crippen LogP contribution is 2.35. The van der Waals surface area contributed by atoms with Crippen molar-refractivity contribution in [2.45, 2.75) is 13.3 Å². The van der Waals surface area contributed by atoms with Crippen molar-refractivity contribution in [1.29, 1.82) is 0 Å². The van der Waals surface area contributed by atoms with Gasteiger partial charge in [0.2, 0.25) is 0 Å². The zero-order valence-corrected chi connectivity index (χ0v) is 16.0. The molecule has 0 saturated carbocycles. The van der Waals surface area contributed by atoms with Crippen LogP contribution in [0.15, 0.2) is 78.9 Å². The van der Waals surface area contributed by atoms with Crippen LogP contribution in [0, 0.1) is 0 Å². The Kier molecular flexibility index (Phi) is 6.15. The maximum Gasteiger partial charge on any atom is 0.328 e. The molecule has 0 heterocycles.